The lowest BCUT2D eigenvalue weighted by Crippen LogP contribution is -2.47. The Morgan fingerprint density at radius 3 is 2.55 bits per heavy atom. The van der Waals surface area contributed by atoms with E-state index in [2.05, 4.69) is 17.6 Å². The van der Waals surface area contributed by atoms with Crippen LogP contribution in [0.25, 0.3) is 0 Å². The van der Waals surface area contributed by atoms with Crippen molar-refractivity contribution >= 4 is 12.0 Å². The standard InChI is InChI=1S/C15H26N2O3/c1-10-5-2-3-8-13(10)17-15(20)16-9-11-6-4-7-12(11)14(18)19/h10-13H,2-9H2,1H3,(H,18,19)(H2,16,17,20). The molecule has 0 aromatic carbocycles. The Kier molecular flexibility index (Phi) is 5.26. The fourth-order valence-corrected chi connectivity index (χ4v) is 3.58. The van der Waals surface area contributed by atoms with Gasteiger partial charge in [0.25, 0.3) is 0 Å². The normalized spacial score (nSPS) is 33.6. The predicted octanol–water partition coefficient (Wildman–Crippen LogP) is 2.37. The summed E-state index contributed by atoms with van der Waals surface area (Å²) in [5.74, 6) is -0.394. The van der Waals surface area contributed by atoms with Gasteiger partial charge < -0.3 is 15.7 Å². The van der Waals surface area contributed by atoms with Gasteiger partial charge in [0.2, 0.25) is 0 Å². The van der Waals surface area contributed by atoms with E-state index in [0.29, 0.717) is 12.5 Å². The third-order valence-corrected chi connectivity index (χ3v) is 4.93. The van der Waals surface area contributed by atoms with Gasteiger partial charge in [0.05, 0.1) is 5.92 Å². The monoisotopic (exact) mass is 282 g/mol. The van der Waals surface area contributed by atoms with Crippen molar-refractivity contribution in [2.45, 2.75) is 57.9 Å². The average Bonchev–Trinajstić information content (AvgIpc) is 2.88. The molecule has 0 aromatic heterocycles. The number of amides is 2. The minimum atomic E-state index is -0.726. The fourth-order valence-electron chi connectivity index (χ4n) is 3.58. The van der Waals surface area contributed by atoms with E-state index in [0.717, 1.165) is 25.7 Å². The maximum absolute atomic E-state index is 11.9. The molecule has 4 unspecified atom stereocenters. The van der Waals surface area contributed by atoms with Crippen LogP contribution >= 0.6 is 0 Å². The van der Waals surface area contributed by atoms with E-state index in [-0.39, 0.29) is 23.9 Å². The van der Waals surface area contributed by atoms with E-state index in [1.807, 2.05) is 0 Å². The molecule has 0 bridgehead atoms. The van der Waals surface area contributed by atoms with Crippen LogP contribution in [0, 0.1) is 17.8 Å². The number of urea groups is 1. The third kappa shape index (κ3) is 3.87. The van der Waals surface area contributed by atoms with Gasteiger partial charge in [0, 0.05) is 12.6 Å². The molecule has 2 fully saturated rings. The van der Waals surface area contributed by atoms with Crippen LogP contribution in [-0.2, 0) is 4.79 Å². The second-order valence-corrected chi connectivity index (χ2v) is 6.36. The molecule has 5 nitrogen and oxygen atoms in total. The highest BCUT2D eigenvalue weighted by Crippen LogP contribution is 2.31. The molecule has 2 aliphatic carbocycles. The summed E-state index contributed by atoms with van der Waals surface area (Å²) >= 11 is 0. The number of carboxylic acid groups (broad SMARTS) is 1. The van der Waals surface area contributed by atoms with Gasteiger partial charge in [-0.25, -0.2) is 4.79 Å². The van der Waals surface area contributed by atoms with E-state index in [1.165, 1.54) is 19.3 Å². The van der Waals surface area contributed by atoms with Gasteiger partial charge >= 0.3 is 12.0 Å². The minimum Gasteiger partial charge on any atom is -0.481 e. The Hall–Kier alpha value is -1.26. The molecule has 2 rings (SSSR count). The lowest BCUT2D eigenvalue weighted by molar-refractivity contribution is -0.142. The van der Waals surface area contributed by atoms with Crippen molar-refractivity contribution in [2.75, 3.05) is 6.54 Å². The van der Waals surface area contributed by atoms with Gasteiger partial charge in [-0.05, 0) is 37.5 Å². The van der Waals surface area contributed by atoms with Gasteiger partial charge in [0.15, 0.2) is 0 Å². The van der Waals surface area contributed by atoms with Gasteiger partial charge in [0.1, 0.15) is 0 Å². The Morgan fingerprint density at radius 1 is 1.10 bits per heavy atom. The van der Waals surface area contributed by atoms with Crippen molar-refractivity contribution in [2.24, 2.45) is 17.8 Å². The summed E-state index contributed by atoms with van der Waals surface area (Å²) in [6.45, 7) is 2.66. The first-order chi connectivity index (χ1) is 9.58. The molecule has 3 N–H and O–H groups in total. The molecule has 2 aliphatic rings. The van der Waals surface area contributed by atoms with Crippen LogP contribution in [0.1, 0.15) is 51.9 Å². The summed E-state index contributed by atoms with van der Waals surface area (Å²) in [5, 5.41) is 15.0. The first-order valence-corrected chi connectivity index (χ1v) is 7.85. The van der Waals surface area contributed by atoms with Crippen LogP contribution in [-0.4, -0.2) is 29.7 Å². The summed E-state index contributed by atoms with van der Waals surface area (Å²) in [6, 6.07) is 0.127. The summed E-state index contributed by atoms with van der Waals surface area (Å²) in [4.78, 5) is 23.0. The van der Waals surface area contributed by atoms with Crippen LogP contribution in [0.5, 0.6) is 0 Å². The minimum absolute atomic E-state index is 0.0852. The molecule has 2 saturated carbocycles. The zero-order valence-electron chi connectivity index (χ0n) is 12.2. The highest BCUT2D eigenvalue weighted by molar-refractivity contribution is 5.74. The predicted molar refractivity (Wildman–Crippen MR) is 76.4 cm³/mol. The Balaban J connectivity index is 1.73. The highest BCUT2D eigenvalue weighted by Gasteiger charge is 2.33. The number of carbonyl (C=O) groups is 2. The Labute approximate surface area is 120 Å². The van der Waals surface area contributed by atoms with Gasteiger partial charge in [-0.1, -0.05) is 26.2 Å². The lowest BCUT2D eigenvalue weighted by atomic mass is 9.86. The van der Waals surface area contributed by atoms with Crippen LogP contribution < -0.4 is 10.6 Å². The summed E-state index contributed by atoms with van der Waals surface area (Å²) in [5.41, 5.74) is 0. The van der Waals surface area contributed by atoms with Crippen molar-refractivity contribution in [1.29, 1.82) is 0 Å². The Bertz CT molecular complexity index is 359. The fraction of sp³-hybridized carbons (Fsp3) is 0.867. The second-order valence-electron chi connectivity index (χ2n) is 6.36. The number of rotatable bonds is 4. The van der Waals surface area contributed by atoms with Crippen LogP contribution in [0.3, 0.4) is 0 Å². The molecule has 2 amide bonds. The number of nitrogens with one attached hydrogen (secondary N) is 2. The van der Waals surface area contributed by atoms with Crippen molar-refractivity contribution in [3.63, 3.8) is 0 Å². The number of carboxylic acids is 1. The van der Waals surface area contributed by atoms with Gasteiger partial charge in [-0.2, -0.15) is 0 Å². The third-order valence-electron chi connectivity index (χ3n) is 4.93. The second kappa shape index (κ2) is 6.95. The molecule has 4 atom stereocenters. The zero-order chi connectivity index (χ0) is 14.5. The molecule has 0 aromatic rings. The van der Waals surface area contributed by atoms with Crippen LogP contribution in [0.2, 0.25) is 0 Å². The highest BCUT2D eigenvalue weighted by atomic mass is 16.4. The number of aliphatic carboxylic acids is 1. The van der Waals surface area contributed by atoms with Crippen LogP contribution in [0.15, 0.2) is 0 Å². The summed E-state index contributed by atoms with van der Waals surface area (Å²) < 4.78 is 0. The SMILES string of the molecule is CC1CCCCC1NC(=O)NCC1CCCC1C(=O)O. The lowest BCUT2D eigenvalue weighted by Gasteiger charge is -2.29. The molecule has 5 heteroatoms. The molecule has 0 radical (unpaired) electrons. The van der Waals surface area contributed by atoms with E-state index < -0.39 is 5.97 Å². The first kappa shape index (κ1) is 15.1. The molecule has 114 valence electrons. The molecule has 0 saturated heterocycles. The van der Waals surface area contributed by atoms with Crippen molar-refractivity contribution in [1.82, 2.24) is 10.6 Å². The van der Waals surface area contributed by atoms with E-state index in [4.69, 9.17) is 5.11 Å². The summed E-state index contributed by atoms with van der Waals surface area (Å²) in [7, 11) is 0. The van der Waals surface area contributed by atoms with Gasteiger partial charge in [-0.15, -0.1) is 0 Å². The molecular weight excluding hydrogens is 256 g/mol. The van der Waals surface area contributed by atoms with E-state index in [1.54, 1.807) is 0 Å². The maximum atomic E-state index is 11.9. The Morgan fingerprint density at radius 2 is 1.85 bits per heavy atom. The number of hydrogen-bond donors (Lipinski definition) is 3. The largest absolute Gasteiger partial charge is 0.481 e. The average molecular weight is 282 g/mol. The van der Waals surface area contributed by atoms with Crippen LogP contribution in [0.4, 0.5) is 4.79 Å². The maximum Gasteiger partial charge on any atom is 0.315 e. The van der Waals surface area contributed by atoms with E-state index >= 15 is 0 Å². The topological polar surface area (TPSA) is 78.4 Å². The molecule has 0 aliphatic heterocycles. The smallest absolute Gasteiger partial charge is 0.315 e. The molecule has 0 spiro atoms. The molecule has 20 heavy (non-hydrogen) atoms. The zero-order valence-corrected chi connectivity index (χ0v) is 12.2. The quantitative estimate of drug-likeness (QED) is 0.740. The summed E-state index contributed by atoms with van der Waals surface area (Å²) in [6.07, 6.45) is 7.25. The number of hydrogen-bond acceptors (Lipinski definition) is 2. The number of carbonyl (C=O) groups excluding carboxylic acids is 1. The van der Waals surface area contributed by atoms with Gasteiger partial charge in [-0.3, -0.25) is 4.79 Å². The van der Waals surface area contributed by atoms with Crippen molar-refractivity contribution < 1.29 is 14.7 Å². The van der Waals surface area contributed by atoms with Crippen molar-refractivity contribution in [3.05, 3.63) is 0 Å². The molecular formula is C15H26N2O3. The van der Waals surface area contributed by atoms with Crippen molar-refractivity contribution in [3.8, 4) is 0 Å². The van der Waals surface area contributed by atoms with E-state index in [9.17, 15) is 9.59 Å². The molecule has 0 heterocycles. The first-order valence-electron chi connectivity index (χ1n) is 7.85.